The van der Waals surface area contributed by atoms with Crippen LogP contribution in [0.25, 0.3) is 0 Å². The normalized spacial score (nSPS) is 10.4. The highest BCUT2D eigenvalue weighted by atomic mass is 35.5. The lowest BCUT2D eigenvalue weighted by molar-refractivity contribution is 1.34. The largest absolute Gasteiger partial charge is 0.277 e. The van der Waals surface area contributed by atoms with E-state index in [1.165, 1.54) is 0 Å². The summed E-state index contributed by atoms with van der Waals surface area (Å²) in [6.45, 7) is 0. The molecule has 5 heteroatoms. The zero-order valence-corrected chi connectivity index (χ0v) is 11.3. The zero-order chi connectivity index (χ0) is 13.7. The summed E-state index contributed by atoms with van der Waals surface area (Å²) in [7, 11) is 0. The monoisotopic (exact) mass is 289 g/mol. The second-order valence-electron chi connectivity index (χ2n) is 3.73. The minimum Gasteiger partial charge on any atom is -0.277 e. The molecule has 0 radical (unpaired) electrons. The molecule has 0 fully saturated rings. The van der Waals surface area contributed by atoms with Crippen molar-refractivity contribution in [3.63, 3.8) is 0 Å². The first-order valence-electron chi connectivity index (χ1n) is 5.43. The van der Waals surface area contributed by atoms with Crippen molar-refractivity contribution in [3.05, 3.63) is 63.6 Å². The van der Waals surface area contributed by atoms with Gasteiger partial charge in [0, 0.05) is 5.02 Å². The van der Waals surface area contributed by atoms with Gasteiger partial charge in [-0.2, -0.15) is 10.4 Å². The predicted octanol–water partition coefficient (Wildman–Crippen LogP) is 4.31. The molecule has 0 spiro atoms. The fraction of sp³-hybridized carbons (Fsp3) is 0. The van der Waals surface area contributed by atoms with E-state index in [0.717, 1.165) is 5.56 Å². The molecule has 0 saturated carbocycles. The van der Waals surface area contributed by atoms with Crippen LogP contribution >= 0.6 is 23.2 Å². The summed E-state index contributed by atoms with van der Waals surface area (Å²) in [6.07, 6.45) is 1.66. The molecule has 3 nitrogen and oxygen atoms in total. The molecule has 0 aromatic heterocycles. The summed E-state index contributed by atoms with van der Waals surface area (Å²) in [5, 5.41) is 13.9. The third kappa shape index (κ3) is 3.72. The average molecular weight is 290 g/mol. The maximum absolute atomic E-state index is 8.73. The van der Waals surface area contributed by atoms with Crippen molar-refractivity contribution in [3.8, 4) is 6.07 Å². The van der Waals surface area contributed by atoms with Crippen LogP contribution in [0.1, 0.15) is 11.1 Å². The van der Waals surface area contributed by atoms with Crippen LogP contribution in [0.4, 0.5) is 5.69 Å². The molecule has 2 aromatic carbocycles. The summed E-state index contributed by atoms with van der Waals surface area (Å²) in [6, 6.07) is 14.3. The number of halogens is 2. The van der Waals surface area contributed by atoms with Crippen LogP contribution < -0.4 is 5.43 Å². The van der Waals surface area contributed by atoms with Crippen LogP contribution in [0.5, 0.6) is 0 Å². The summed E-state index contributed by atoms with van der Waals surface area (Å²) in [5.74, 6) is 0. The van der Waals surface area contributed by atoms with Crippen LogP contribution in [-0.2, 0) is 0 Å². The van der Waals surface area contributed by atoms with Crippen molar-refractivity contribution >= 4 is 35.1 Å². The van der Waals surface area contributed by atoms with E-state index < -0.39 is 0 Å². The van der Waals surface area contributed by atoms with Gasteiger partial charge in [-0.05, 0) is 35.9 Å². The Morgan fingerprint density at radius 2 is 1.84 bits per heavy atom. The van der Waals surface area contributed by atoms with Gasteiger partial charge >= 0.3 is 0 Å². The van der Waals surface area contributed by atoms with E-state index in [9.17, 15) is 0 Å². The van der Waals surface area contributed by atoms with Gasteiger partial charge in [0.2, 0.25) is 0 Å². The summed E-state index contributed by atoms with van der Waals surface area (Å²) in [4.78, 5) is 0. The molecule has 0 aliphatic rings. The van der Waals surface area contributed by atoms with Crippen molar-refractivity contribution in [2.75, 3.05) is 5.43 Å². The van der Waals surface area contributed by atoms with Gasteiger partial charge in [-0.15, -0.1) is 0 Å². The quantitative estimate of drug-likeness (QED) is 0.676. The molecule has 2 aromatic rings. The second-order valence-corrected chi connectivity index (χ2v) is 4.57. The van der Waals surface area contributed by atoms with Gasteiger partial charge in [0.1, 0.15) is 0 Å². The fourth-order valence-corrected chi connectivity index (χ4v) is 1.75. The van der Waals surface area contributed by atoms with Crippen LogP contribution in [-0.4, -0.2) is 6.21 Å². The van der Waals surface area contributed by atoms with Crippen molar-refractivity contribution in [1.82, 2.24) is 0 Å². The summed E-state index contributed by atoms with van der Waals surface area (Å²) < 4.78 is 0. The third-order valence-electron chi connectivity index (χ3n) is 2.37. The number of anilines is 1. The van der Waals surface area contributed by atoms with Crippen molar-refractivity contribution < 1.29 is 0 Å². The number of hydrogen-bond acceptors (Lipinski definition) is 3. The SMILES string of the molecule is N#Cc1ccc(N/N=C/c2ccc(Cl)cc2)c(Cl)c1. The Morgan fingerprint density at radius 1 is 1.11 bits per heavy atom. The second kappa shape index (κ2) is 6.24. The Labute approximate surface area is 121 Å². The molecule has 0 saturated heterocycles. The molecule has 0 amide bonds. The number of hydrazone groups is 1. The molecule has 2 rings (SSSR count). The maximum atomic E-state index is 8.73. The van der Waals surface area contributed by atoms with Gasteiger partial charge in [-0.3, -0.25) is 5.43 Å². The van der Waals surface area contributed by atoms with Gasteiger partial charge in [-0.1, -0.05) is 35.3 Å². The van der Waals surface area contributed by atoms with E-state index in [2.05, 4.69) is 10.5 Å². The number of nitriles is 1. The minimum absolute atomic E-state index is 0.451. The number of hydrogen-bond donors (Lipinski definition) is 1. The van der Waals surface area contributed by atoms with Gasteiger partial charge in [0.15, 0.2) is 0 Å². The highest BCUT2D eigenvalue weighted by Gasteiger charge is 1.99. The first-order valence-corrected chi connectivity index (χ1v) is 6.19. The Balaban J connectivity index is 2.06. The number of nitrogens with one attached hydrogen (secondary N) is 1. The van der Waals surface area contributed by atoms with Crippen molar-refractivity contribution in [1.29, 1.82) is 5.26 Å². The van der Waals surface area contributed by atoms with Crippen LogP contribution in [0.15, 0.2) is 47.6 Å². The summed E-state index contributed by atoms with van der Waals surface area (Å²) >= 11 is 11.8. The van der Waals surface area contributed by atoms with Gasteiger partial charge < -0.3 is 0 Å². The molecule has 0 unspecified atom stereocenters. The van der Waals surface area contributed by atoms with Crippen molar-refractivity contribution in [2.45, 2.75) is 0 Å². The zero-order valence-electron chi connectivity index (χ0n) is 9.77. The molecule has 0 heterocycles. The Morgan fingerprint density at radius 3 is 2.47 bits per heavy atom. The van der Waals surface area contributed by atoms with E-state index in [1.807, 2.05) is 18.2 Å². The number of nitrogens with zero attached hydrogens (tertiary/aromatic N) is 2. The van der Waals surface area contributed by atoms with Gasteiger partial charge in [0.25, 0.3) is 0 Å². The molecular weight excluding hydrogens is 281 g/mol. The molecule has 0 aliphatic carbocycles. The summed E-state index contributed by atoms with van der Waals surface area (Å²) in [5.41, 5.74) is 4.90. The standard InChI is InChI=1S/C14H9Cl2N3/c15-12-4-1-10(2-5-12)9-18-19-14-6-3-11(8-17)7-13(14)16/h1-7,9,19H/b18-9+. The Kier molecular flexibility index (Phi) is 4.40. The highest BCUT2D eigenvalue weighted by Crippen LogP contribution is 2.22. The topological polar surface area (TPSA) is 48.2 Å². The van der Waals surface area contributed by atoms with E-state index in [1.54, 1.807) is 36.5 Å². The molecular formula is C14H9Cl2N3. The molecule has 19 heavy (non-hydrogen) atoms. The van der Waals surface area contributed by atoms with E-state index in [0.29, 0.717) is 21.3 Å². The van der Waals surface area contributed by atoms with E-state index >= 15 is 0 Å². The van der Waals surface area contributed by atoms with Gasteiger partial charge in [0.05, 0.1) is 28.6 Å². The molecule has 94 valence electrons. The Hall–Kier alpha value is -2.02. The molecule has 0 bridgehead atoms. The number of rotatable bonds is 3. The van der Waals surface area contributed by atoms with Crippen LogP contribution in [0.3, 0.4) is 0 Å². The maximum Gasteiger partial charge on any atom is 0.0992 e. The average Bonchev–Trinajstić information content (AvgIpc) is 2.42. The third-order valence-corrected chi connectivity index (χ3v) is 2.93. The molecule has 0 atom stereocenters. The predicted molar refractivity (Wildman–Crippen MR) is 78.8 cm³/mol. The minimum atomic E-state index is 0.451. The molecule has 1 N–H and O–H groups in total. The highest BCUT2D eigenvalue weighted by molar-refractivity contribution is 6.33. The lowest BCUT2D eigenvalue weighted by Crippen LogP contribution is -1.91. The first kappa shape index (κ1) is 13.4. The first-order chi connectivity index (χ1) is 9.19. The van der Waals surface area contributed by atoms with Crippen molar-refractivity contribution in [2.24, 2.45) is 5.10 Å². The van der Waals surface area contributed by atoms with E-state index in [-0.39, 0.29) is 0 Å². The molecule has 0 aliphatic heterocycles. The van der Waals surface area contributed by atoms with Gasteiger partial charge in [-0.25, -0.2) is 0 Å². The van der Waals surface area contributed by atoms with Crippen LogP contribution in [0.2, 0.25) is 10.0 Å². The lowest BCUT2D eigenvalue weighted by atomic mass is 10.2. The lowest BCUT2D eigenvalue weighted by Gasteiger charge is -2.03. The van der Waals surface area contributed by atoms with Crippen LogP contribution in [0, 0.1) is 11.3 Å². The Bertz CT molecular complexity index is 643. The van der Waals surface area contributed by atoms with E-state index in [4.69, 9.17) is 28.5 Å². The fourth-order valence-electron chi connectivity index (χ4n) is 1.40. The number of benzene rings is 2. The smallest absolute Gasteiger partial charge is 0.0992 e.